The van der Waals surface area contributed by atoms with E-state index in [9.17, 15) is 5.11 Å². The lowest BCUT2D eigenvalue weighted by Crippen LogP contribution is -2.75. The van der Waals surface area contributed by atoms with E-state index in [2.05, 4.69) is 46.3 Å². The molecule has 6 heteroatoms. The Hall–Kier alpha value is -2.99. The van der Waals surface area contributed by atoms with Gasteiger partial charge in [-0.3, -0.25) is 4.90 Å². The molecule has 3 aliphatic carbocycles. The summed E-state index contributed by atoms with van der Waals surface area (Å²) in [7, 11) is 0. The summed E-state index contributed by atoms with van der Waals surface area (Å²) >= 11 is 6.67. The summed E-state index contributed by atoms with van der Waals surface area (Å²) in [5.74, 6) is 1.68. The number of halogens is 1. The van der Waals surface area contributed by atoms with Gasteiger partial charge in [0.2, 0.25) is 0 Å². The number of nitrogens with zero attached hydrogens (tertiary/aromatic N) is 1. The number of nitrogens with one attached hydrogen (secondary N) is 1. The quantitative estimate of drug-likeness (QED) is 0.306. The van der Waals surface area contributed by atoms with Gasteiger partial charge in [0, 0.05) is 40.5 Å². The Morgan fingerprint density at radius 2 is 1.92 bits per heavy atom. The van der Waals surface area contributed by atoms with Gasteiger partial charge in [0.25, 0.3) is 0 Å². The third-order valence-corrected chi connectivity index (χ3v) is 10.8. The van der Waals surface area contributed by atoms with Gasteiger partial charge in [0.15, 0.2) is 17.6 Å². The molecule has 0 radical (unpaired) electrons. The van der Waals surface area contributed by atoms with E-state index in [0.29, 0.717) is 12.4 Å². The highest BCUT2D eigenvalue weighted by Gasteiger charge is 2.74. The molecule has 2 bridgehead atoms. The number of hydrogen-bond acceptors (Lipinski definition) is 4. The summed E-state index contributed by atoms with van der Waals surface area (Å²) in [6, 6.07) is 20.8. The topological polar surface area (TPSA) is 57.7 Å². The molecular formula is C33H31ClN2O3. The molecule has 9 rings (SSSR count). The highest BCUT2D eigenvalue weighted by atomic mass is 35.5. The lowest BCUT2D eigenvalue weighted by Gasteiger charge is -2.64. The molecule has 5 aliphatic rings. The Balaban J connectivity index is 1.31. The molecule has 1 spiro atoms. The van der Waals surface area contributed by atoms with Gasteiger partial charge in [-0.2, -0.15) is 0 Å². The molecule has 2 N–H and O–H groups in total. The maximum Gasteiger partial charge on any atom is 0.166 e. The monoisotopic (exact) mass is 538 g/mol. The number of fused-ring (bicyclic) bond motifs is 4. The number of para-hydroxylation sites is 1. The lowest BCUT2D eigenvalue weighted by molar-refractivity contribution is -0.210. The van der Waals surface area contributed by atoms with Gasteiger partial charge in [-0.25, -0.2) is 0 Å². The fraction of sp³-hybridized carbons (Fsp3) is 0.394. The fourth-order valence-electron chi connectivity index (χ4n) is 8.64. The maximum absolute atomic E-state index is 11.1. The highest BCUT2D eigenvalue weighted by molar-refractivity contribution is 6.31. The molecule has 2 aliphatic heterocycles. The number of phenols is 1. The smallest absolute Gasteiger partial charge is 0.166 e. The Morgan fingerprint density at radius 3 is 2.79 bits per heavy atom. The zero-order valence-corrected chi connectivity index (χ0v) is 22.5. The predicted molar refractivity (Wildman–Crippen MR) is 151 cm³/mol. The van der Waals surface area contributed by atoms with E-state index in [4.69, 9.17) is 21.1 Å². The van der Waals surface area contributed by atoms with Crippen molar-refractivity contribution in [3.63, 3.8) is 0 Å². The number of aromatic hydroxyl groups is 1. The van der Waals surface area contributed by atoms with Crippen LogP contribution in [0.4, 0.5) is 0 Å². The summed E-state index contributed by atoms with van der Waals surface area (Å²) in [4.78, 5) is 6.50. The predicted octanol–water partition coefficient (Wildman–Crippen LogP) is 6.45. The number of aromatic amines is 1. The van der Waals surface area contributed by atoms with Gasteiger partial charge < -0.3 is 19.6 Å². The van der Waals surface area contributed by atoms with E-state index in [1.165, 1.54) is 34.9 Å². The van der Waals surface area contributed by atoms with Crippen molar-refractivity contribution < 1.29 is 14.6 Å². The number of hydrogen-bond donors (Lipinski definition) is 2. The first-order valence-electron chi connectivity index (χ1n) is 14.3. The van der Waals surface area contributed by atoms with Gasteiger partial charge in [0.05, 0.1) is 17.7 Å². The van der Waals surface area contributed by atoms with E-state index in [0.717, 1.165) is 60.1 Å². The van der Waals surface area contributed by atoms with Crippen LogP contribution in [0.1, 0.15) is 53.3 Å². The SMILES string of the molecule is Oc1ccc2c3c1O[C@H]1c4[nH]c5ccccc5c4C[C@@]4(OCc5ccccc5Cl)[C@@H](C2)N(CC2CC2)CC[C@]314. The summed E-state index contributed by atoms with van der Waals surface area (Å²) in [6.45, 7) is 2.59. The molecule has 198 valence electrons. The number of piperidine rings is 1. The van der Waals surface area contributed by atoms with E-state index in [1.807, 2.05) is 24.3 Å². The minimum absolute atomic E-state index is 0.213. The van der Waals surface area contributed by atoms with E-state index in [1.54, 1.807) is 0 Å². The van der Waals surface area contributed by atoms with Gasteiger partial charge >= 0.3 is 0 Å². The second-order valence-corrected chi connectivity index (χ2v) is 12.7. The van der Waals surface area contributed by atoms with Crippen molar-refractivity contribution >= 4 is 22.5 Å². The van der Waals surface area contributed by atoms with Crippen molar-refractivity contribution in [1.29, 1.82) is 0 Å². The molecule has 4 atom stereocenters. The summed E-state index contributed by atoms with van der Waals surface area (Å²) in [5.41, 5.74) is 6.14. The molecule has 39 heavy (non-hydrogen) atoms. The van der Waals surface area contributed by atoms with Crippen molar-refractivity contribution in [2.24, 2.45) is 5.92 Å². The second-order valence-electron chi connectivity index (χ2n) is 12.3. The Morgan fingerprint density at radius 1 is 1.08 bits per heavy atom. The first kappa shape index (κ1) is 22.8. The fourth-order valence-corrected chi connectivity index (χ4v) is 8.83. The molecule has 1 saturated heterocycles. The largest absolute Gasteiger partial charge is 0.504 e. The van der Waals surface area contributed by atoms with Gasteiger partial charge in [-0.05, 0) is 73.0 Å². The van der Waals surface area contributed by atoms with Gasteiger partial charge in [-0.1, -0.05) is 54.1 Å². The molecule has 2 fully saturated rings. The van der Waals surface area contributed by atoms with Gasteiger partial charge in [-0.15, -0.1) is 0 Å². The van der Waals surface area contributed by atoms with Crippen molar-refractivity contribution in [1.82, 2.24) is 9.88 Å². The van der Waals surface area contributed by atoms with Crippen LogP contribution in [0.25, 0.3) is 10.9 Å². The molecule has 1 aromatic heterocycles. The number of likely N-dealkylation sites (tertiary alicyclic amines) is 1. The van der Waals surface area contributed by atoms with Crippen LogP contribution in [-0.2, 0) is 29.6 Å². The molecule has 4 aromatic rings. The molecule has 3 aromatic carbocycles. The highest BCUT2D eigenvalue weighted by Crippen LogP contribution is 2.70. The van der Waals surface area contributed by atoms with Crippen molar-refractivity contribution in [2.75, 3.05) is 13.1 Å². The average Bonchev–Trinajstić information content (AvgIpc) is 3.59. The molecular weight excluding hydrogens is 508 g/mol. The minimum Gasteiger partial charge on any atom is -0.504 e. The standard InChI is InChI=1S/C33H31ClN2O3/c34-24-7-3-1-5-21(24)18-38-33-16-23-22-6-2-4-8-25(22)35-29(23)31-32(33)13-14-36(17-19-9-10-19)27(33)15-20-11-12-26(37)30(39-31)28(20)32/h1-8,11-12,19,27,31,35,37H,9-10,13-18H2/t27-,31+,32+,33-/m1/s1. The van der Waals surface area contributed by atoms with Crippen LogP contribution in [0.5, 0.6) is 11.5 Å². The first-order valence-corrected chi connectivity index (χ1v) is 14.7. The van der Waals surface area contributed by atoms with Crippen molar-refractivity contribution in [3.05, 3.63) is 93.6 Å². The number of H-pyrrole nitrogens is 1. The number of benzene rings is 3. The zero-order valence-electron chi connectivity index (χ0n) is 21.8. The Kier molecular flexibility index (Phi) is 4.56. The summed E-state index contributed by atoms with van der Waals surface area (Å²) < 4.78 is 14.3. The van der Waals surface area contributed by atoms with Crippen LogP contribution in [0.2, 0.25) is 5.02 Å². The third-order valence-electron chi connectivity index (χ3n) is 10.5. The lowest BCUT2D eigenvalue weighted by atomic mass is 9.48. The summed E-state index contributed by atoms with van der Waals surface area (Å²) in [6.07, 6.45) is 5.04. The normalized spacial score (nSPS) is 30.2. The first-order chi connectivity index (χ1) is 19.1. The van der Waals surface area contributed by atoms with E-state index >= 15 is 0 Å². The Bertz CT molecular complexity index is 1660. The summed E-state index contributed by atoms with van der Waals surface area (Å²) in [5, 5.41) is 13.1. The average molecular weight is 539 g/mol. The van der Waals surface area contributed by atoms with Crippen molar-refractivity contribution in [2.45, 2.75) is 61.9 Å². The van der Waals surface area contributed by atoms with E-state index in [-0.39, 0.29) is 17.9 Å². The molecule has 0 unspecified atom stereocenters. The van der Waals surface area contributed by atoms with Crippen LogP contribution in [-0.4, -0.2) is 39.7 Å². The molecule has 5 nitrogen and oxygen atoms in total. The minimum atomic E-state index is -0.520. The third kappa shape index (κ3) is 2.88. The Labute approximate surface area is 232 Å². The molecule has 1 saturated carbocycles. The molecule has 3 heterocycles. The van der Waals surface area contributed by atoms with Crippen LogP contribution < -0.4 is 4.74 Å². The van der Waals surface area contributed by atoms with Gasteiger partial charge in [0.1, 0.15) is 5.60 Å². The van der Waals surface area contributed by atoms with Crippen LogP contribution in [0, 0.1) is 5.92 Å². The van der Waals surface area contributed by atoms with Crippen LogP contribution >= 0.6 is 11.6 Å². The number of phenolic OH excluding ortho intramolecular Hbond substituents is 1. The number of ether oxygens (including phenoxy) is 2. The number of aromatic nitrogens is 1. The number of rotatable bonds is 5. The second kappa shape index (κ2) is 7.81. The molecule has 0 amide bonds. The zero-order chi connectivity index (χ0) is 25.9. The van der Waals surface area contributed by atoms with E-state index < -0.39 is 11.0 Å². The van der Waals surface area contributed by atoms with Crippen molar-refractivity contribution in [3.8, 4) is 11.5 Å². The van der Waals surface area contributed by atoms with Crippen LogP contribution in [0.3, 0.4) is 0 Å². The maximum atomic E-state index is 11.1. The van der Waals surface area contributed by atoms with Crippen LogP contribution in [0.15, 0.2) is 60.7 Å².